The lowest BCUT2D eigenvalue weighted by molar-refractivity contribution is -0.120. The number of rotatable bonds is 8. The zero-order chi connectivity index (χ0) is 18.4. The van der Waals surface area contributed by atoms with Gasteiger partial charge in [-0.2, -0.15) is 5.10 Å². The van der Waals surface area contributed by atoms with Gasteiger partial charge in [0.05, 0.1) is 28.8 Å². The van der Waals surface area contributed by atoms with Crippen LogP contribution in [0.4, 0.5) is 5.69 Å². The van der Waals surface area contributed by atoms with Crippen molar-refractivity contribution in [3.05, 3.63) is 41.7 Å². The predicted molar refractivity (Wildman–Crippen MR) is 100 cm³/mol. The van der Waals surface area contributed by atoms with E-state index in [1.165, 1.54) is 0 Å². The Morgan fingerprint density at radius 2 is 2.00 bits per heavy atom. The number of anilines is 1. The van der Waals surface area contributed by atoms with Crippen LogP contribution in [0.15, 0.2) is 30.3 Å². The fourth-order valence-corrected chi connectivity index (χ4v) is 2.72. The number of amides is 1. The molecule has 0 aliphatic rings. The number of aromatic nitrogens is 2. The molecule has 0 aliphatic heterocycles. The summed E-state index contributed by atoms with van der Waals surface area (Å²) in [6.07, 6.45) is 0.897. The summed E-state index contributed by atoms with van der Waals surface area (Å²) in [5, 5.41) is 7.61. The van der Waals surface area contributed by atoms with Gasteiger partial charge in [-0.3, -0.25) is 9.69 Å². The molecule has 25 heavy (non-hydrogen) atoms. The van der Waals surface area contributed by atoms with Crippen LogP contribution in [0.1, 0.15) is 24.7 Å². The van der Waals surface area contributed by atoms with Gasteiger partial charge in [-0.1, -0.05) is 18.2 Å². The Balaban J connectivity index is 2.09. The van der Waals surface area contributed by atoms with Crippen molar-refractivity contribution in [2.45, 2.75) is 33.2 Å². The van der Waals surface area contributed by atoms with Crippen LogP contribution in [0.2, 0.25) is 0 Å². The Bertz CT molecular complexity index is 697. The van der Waals surface area contributed by atoms with E-state index >= 15 is 0 Å². The first-order chi connectivity index (χ1) is 12.0. The first-order valence-electron chi connectivity index (χ1n) is 8.57. The summed E-state index contributed by atoms with van der Waals surface area (Å²) in [5.41, 5.74) is 3.49. The maximum atomic E-state index is 12.6. The van der Waals surface area contributed by atoms with Crippen LogP contribution in [-0.2, 0) is 9.53 Å². The number of likely N-dealkylation sites (N-methyl/N-ethyl adjacent to an activating group) is 1. The number of hydrogen-bond acceptors (Lipinski definition) is 4. The molecular weight excluding hydrogens is 316 g/mol. The maximum Gasteiger partial charge on any atom is 0.241 e. The van der Waals surface area contributed by atoms with Gasteiger partial charge in [0.15, 0.2) is 0 Å². The fourth-order valence-electron chi connectivity index (χ4n) is 2.72. The number of nitrogens with zero attached hydrogens (tertiary/aromatic N) is 3. The van der Waals surface area contributed by atoms with Gasteiger partial charge in [0.1, 0.15) is 0 Å². The van der Waals surface area contributed by atoms with Crippen LogP contribution in [0, 0.1) is 13.8 Å². The molecule has 0 saturated heterocycles. The van der Waals surface area contributed by atoms with E-state index in [4.69, 9.17) is 4.74 Å². The monoisotopic (exact) mass is 344 g/mol. The average molecular weight is 344 g/mol. The molecule has 0 saturated carbocycles. The zero-order valence-electron chi connectivity index (χ0n) is 15.7. The Kier molecular flexibility index (Phi) is 6.73. The minimum atomic E-state index is -0.226. The van der Waals surface area contributed by atoms with E-state index in [1.54, 1.807) is 7.11 Å². The molecule has 1 unspecified atom stereocenters. The molecule has 2 rings (SSSR count). The van der Waals surface area contributed by atoms with Gasteiger partial charge < -0.3 is 10.1 Å². The highest BCUT2D eigenvalue weighted by molar-refractivity contribution is 5.95. The summed E-state index contributed by atoms with van der Waals surface area (Å²) in [5.74, 6) is -0.0290. The van der Waals surface area contributed by atoms with E-state index in [0.29, 0.717) is 6.61 Å². The zero-order valence-corrected chi connectivity index (χ0v) is 15.7. The lowest BCUT2D eigenvalue weighted by Gasteiger charge is -2.23. The highest BCUT2D eigenvalue weighted by atomic mass is 16.5. The number of carbonyl (C=O) groups is 1. The number of carbonyl (C=O) groups excluding carboxylic acids is 1. The molecule has 2 aromatic rings. The molecule has 1 aromatic heterocycles. The van der Waals surface area contributed by atoms with Crippen molar-refractivity contribution < 1.29 is 9.53 Å². The molecule has 1 aromatic carbocycles. The van der Waals surface area contributed by atoms with Crippen LogP contribution in [0.3, 0.4) is 0 Å². The molecule has 0 fully saturated rings. The third kappa shape index (κ3) is 4.67. The first kappa shape index (κ1) is 19.1. The molecule has 6 nitrogen and oxygen atoms in total. The summed E-state index contributed by atoms with van der Waals surface area (Å²) < 4.78 is 6.93. The highest BCUT2D eigenvalue weighted by Gasteiger charge is 2.21. The van der Waals surface area contributed by atoms with Crippen molar-refractivity contribution in [1.82, 2.24) is 14.7 Å². The van der Waals surface area contributed by atoms with E-state index in [1.807, 2.05) is 67.7 Å². The van der Waals surface area contributed by atoms with Gasteiger partial charge in [0.25, 0.3) is 0 Å². The van der Waals surface area contributed by atoms with E-state index in [9.17, 15) is 4.79 Å². The average Bonchev–Trinajstić information content (AvgIpc) is 2.90. The Labute approximate surface area is 149 Å². The van der Waals surface area contributed by atoms with E-state index in [0.717, 1.165) is 35.7 Å². The lowest BCUT2D eigenvalue weighted by Crippen LogP contribution is -2.40. The summed E-state index contributed by atoms with van der Waals surface area (Å²) in [4.78, 5) is 14.6. The molecule has 0 bridgehead atoms. The number of hydrogen-bond donors (Lipinski definition) is 1. The molecule has 1 heterocycles. The van der Waals surface area contributed by atoms with E-state index in [2.05, 4.69) is 10.4 Å². The normalized spacial score (nSPS) is 12.4. The molecule has 6 heteroatoms. The SMILES string of the molecule is COCCCN(C)C(C)C(=O)Nc1c(C)nn(-c2ccccc2)c1C. The third-order valence-electron chi connectivity index (χ3n) is 4.44. The van der Waals surface area contributed by atoms with Crippen molar-refractivity contribution in [1.29, 1.82) is 0 Å². The van der Waals surface area contributed by atoms with Crippen LogP contribution in [-0.4, -0.2) is 53.9 Å². The smallest absolute Gasteiger partial charge is 0.241 e. The minimum absolute atomic E-state index is 0.0290. The molecule has 0 radical (unpaired) electrons. The second-order valence-electron chi connectivity index (χ2n) is 6.29. The Hall–Kier alpha value is -2.18. The second-order valence-corrected chi connectivity index (χ2v) is 6.29. The number of aryl methyl sites for hydroxylation is 1. The van der Waals surface area contributed by atoms with Gasteiger partial charge in [0, 0.05) is 20.3 Å². The van der Waals surface area contributed by atoms with Crippen LogP contribution >= 0.6 is 0 Å². The van der Waals surface area contributed by atoms with Crippen molar-refractivity contribution in [2.75, 3.05) is 32.6 Å². The standard InChI is InChI=1S/C19H28N4O2/c1-14-18(15(2)23(21-14)17-10-7-6-8-11-17)20-19(24)16(3)22(4)12-9-13-25-5/h6-8,10-11,16H,9,12-13H2,1-5H3,(H,20,24). The molecule has 0 aliphatic carbocycles. The first-order valence-corrected chi connectivity index (χ1v) is 8.57. The molecule has 136 valence electrons. The predicted octanol–water partition coefficient (Wildman–Crippen LogP) is 2.78. The van der Waals surface area contributed by atoms with Crippen LogP contribution in [0.5, 0.6) is 0 Å². The summed E-state index contributed by atoms with van der Waals surface area (Å²) >= 11 is 0. The van der Waals surface area contributed by atoms with Crippen LogP contribution < -0.4 is 5.32 Å². The molecule has 1 N–H and O–H groups in total. The van der Waals surface area contributed by atoms with E-state index < -0.39 is 0 Å². The molecule has 1 amide bonds. The quantitative estimate of drug-likeness (QED) is 0.748. The highest BCUT2D eigenvalue weighted by Crippen LogP contribution is 2.23. The minimum Gasteiger partial charge on any atom is -0.385 e. The largest absolute Gasteiger partial charge is 0.385 e. The summed E-state index contributed by atoms with van der Waals surface area (Å²) in [6, 6.07) is 9.69. The number of nitrogens with one attached hydrogen (secondary N) is 1. The number of ether oxygens (including phenoxy) is 1. The summed E-state index contributed by atoms with van der Waals surface area (Å²) in [6.45, 7) is 7.30. The molecular formula is C19H28N4O2. The van der Waals surface area contributed by atoms with Gasteiger partial charge in [-0.15, -0.1) is 0 Å². The number of benzene rings is 1. The van der Waals surface area contributed by atoms with Crippen molar-refractivity contribution in [3.8, 4) is 5.69 Å². The summed E-state index contributed by atoms with van der Waals surface area (Å²) in [7, 11) is 3.64. The van der Waals surface area contributed by atoms with Gasteiger partial charge in [-0.25, -0.2) is 4.68 Å². The number of methoxy groups -OCH3 is 1. The lowest BCUT2D eigenvalue weighted by atomic mass is 10.2. The van der Waals surface area contributed by atoms with Crippen molar-refractivity contribution in [2.24, 2.45) is 0 Å². The van der Waals surface area contributed by atoms with Crippen LogP contribution in [0.25, 0.3) is 5.69 Å². The Morgan fingerprint density at radius 1 is 1.32 bits per heavy atom. The second kappa shape index (κ2) is 8.78. The van der Waals surface area contributed by atoms with Crippen molar-refractivity contribution in [3.63, 3.8) is 0 Å². The third-order valence-corrected chi connectivity index (χ3v) is 4.44. The fraction of sp³-hybridized carbons (Fsp3) is 0.474. The van der Waals surface area contributed by atoms with E-state index in [-0.39, 0.29) is 11.9 Å². The molecule has 1 atom stereocenters. The van der Waals surface area contributed by atoms with Gasteiger partial charge >= 0.3 is 0 Å². The van der Waals surface area contributed by atoms with Crippen molar-refractivity contribution >= 4 is 11.6 Å². The Morgan fingerprint density at radius 3 is 2.64 bits per heavy atom. The number of para-hydroxylation sites is 1. The van der Waals surface area contributed by atoms with Gasteiger partial charge in [-0.05, 0) is 46.4 Å². The maximum absolute atomic E-state index is 12.6. The topological polar surface area (TPSA) is 59.4 Å². The van der Waals surface area contributed by atoms with Gasteiger partial charge in [0.2, 0.25) is 5.91 Å². The molecule has 0 spiro atoms.